The van der Waals surface area contributed by atoms with Crippen LogP contribution in [0.4, 0.5) is 5.82 Å². The highest BCUT2D eigenvalue weighted by molar-refractivity contribution is 6.09. The van der Waals surface area contributed by atoms with Gasteiger partial charge in [-0.15, -0.1) is 10.2 Å². The van der Waals surface area contributed by atoms with Crippen molar-refractivity contribution in [3.63, 3.8) is 0 Å². The number of aryl methyl sites for hydroxylation is 1. The van der Waals surface area contributed by atoms with Crippen LogP contribution in [0.5, 0.6) is 0 Å². The van der Waals surface area contributed by atoms with Crippen molar-refractivity contribution in [1.82, 2.24) is 24.7 Å². The van der Waals surface area contributed by atoms with Gasteiger partial charge in [0.2, 0.25) is 0 Å². The van der Waals surface area contributed by atoms with E-state index in [1.165, 1.54) is 0 Å². The summed E-state index contributed by atoms with van der Waals surface area (Å²) in [6.07, 6.45) is 3.88. The Labute approximate surface area is 168 Å². The molecular weight excluding hydrogens is 366 g/mol. The fourth-order valence-electron chi connectivity index (χ4n) is 3.86. The van der Waals surface area contributed by atoms with E-state index < -0.39 is 0 Å². The monoisotopic (exact) mass is 389 g/mol. The third-order valence-electron chi connectivity index (χ3n) is 6.01. The molecule has 0 bridgehead atoms. The molecule has 8 nitrogen and oxygen atoms in total. The van der Waals surface area contributed by atoms with E-state index in [-0.39, 0.29) is 11.3 Å². The average molecular weight is 389 g/mol. The molecular formula is C21H23N7O. The first-order valence-electron chi connectivity index (χ1n) is 9.94. The normalized spacial score (nSPS) is 16.9. The third kappa shape index (κ3) is 2.82. The van der Waals surface area contributed by atoms with Crippen LogP contribution in [0.1, 0.15) is 54.0 Å². The molecule has 0 spiro atoms. The van der Waals surface area contributed by atoms with Crippen LogP contribution in [-0.2, 0) is 25.0 Å². The number of rotatable bonds is 5. The molecule has 0 atom stereocenters. The average Bonchev–Trinajstić information content (AvgIpc) is 3.18. The second-order valence-electron chi connectivity index (χ2n) is 7.96. The van der Waals surface area contributed by atoms with Gasteiger partial charge >= 0.3 is 0 Å². The molecule has 8 heteroatoms. The molecule has 5 rings (SSSR count). The second kappa shape index (κ2) is 6.45. The van der Waals surface area contributed by atoms with Crippen LogP contribution in [0, 0.1) is 0 Å². The number of anilines is 1. The van der Waals surface area contributed by atoms with Gasteiger partial charge in [-0.05, 0) is 38.0 Å². The van der Waals surface area contributed by atoms with E-state index in [0.717, 1.165) is 36.3 Å². The maximum Gasteiger partial charge on any atom is 0.260 e. The number of pyridine rings is 2. The highest BCUT2D eigenvalue weighted by Crippen LogP contribution is 2.47. The molecule has 1 aliphatic carbocycles. The van der Waals surface area contributed by atoms with Gasteiger partial charge in [0, 0.05) is 35.3 Å². The van der Waals surface area contributed by atoms with Gasteiger partial charge in [-0.3, -0.25) is 14.7 Å². The maximum atomic E-state index is 13.3. The lowest BCUT2D eigenvalue weighted by Gasteiger charge is -2.15. The molecule has 1 saturated carbocycles. The van der Waals surface area contributed by atoms with E-state index in [1.807, 2.05) is 35.8 Å². The van der Waals surface area contributed by atoms with Gasteiger partial charge in [0.25, 0.3) is 5.91 Å². The Balaban J connectivity index is 1.53. The van der Waals surface area contributed by atoms with Crippen molar-refractivity contribution in [2.75, 3.05) is 4.90 Å². The van der Waals surface area contributed by atoms with Crippen LogP contribution < -0.4 is 10.6 Å². The molecule has 0 saturated heterocycles. The number of carbonyl (C=O) groups excluding carboxylic acids is 1. The Morgan fingerprint density at radius 2 is 2.07 bits per heavy atom. The standard InChI is InChI=1S/C21H23N7O/c1-3-27-12-23-26-19(27)15-5-4-6-18(25-15)28-11-14-13(20(28)29)9-17(21(2)7-8-21)24-16(14)10-22/h4-6,9,12H,3,7-8,10-11,22H2,1-2H3. The number of carbonyl (C=O) groups is 1. The zero-order chi connectivity index (χ0) is 20.2. The highest BCUT2D eigenvalue weighted by atomic mass is 16.2. The quantitative estimate of drug-likeness (QED) is 0.719. The molecule has 0 radical (unpaired) electrons. The molecule has 29 heavy (non-hydrogen) atoms. The summed E-state index contributed by atoms with van der Waals surface area (Å²) in [6, 6.07) is 7.58. The summed E-state index contributed by atoms with van der Waals surface area (Å²) in [5, 5.41) is 8.15. The Morgan fingerprint density at radius 1 is 1.24 bits per heavy atom. The molecule has 4 heterocycles. The zero-order valence-electron chi connectivity index (χ0n) is 16.6. The first-order chi connectivity index (χ1) is 14.0. The number of aromatic nitrogens is 5. The number of hydrogen-bond acceptors (Lipinski definition) is 6. The smallest absolute Gasteiger partial charge is 0.260 e. The summed E-state index contributed by atoms with van der Waals surface area (Å²) in [4.78, 5) is 24.5. The van der Waals surface area contributed by atoms with Gasteiger partial charge in [0.05, 0.1) is 12.2 Å². The molecule has 1 aliphatic heterocycles. The van der Waals surface area contributed by atoms with E-state index in [9.17, 15) is 4.79 Å². The number of hydrogen-bond donors (Lipinski definition) is 1. The minimum atomic E-state index is -0.0517. The van der Waals surface area contributed by atoms with E-state index >= 15 is 0 Å². The van der Waals surface area contributed by atoms with E-state index in [0.29, 0.717) is 36.0 Å². The van der Waals surface area contributed by atoms with Crippen molar-refractivity contribution in [3.05, 3.63) is 53.1 Å². The summed E-state index contributed by atoms with van der Waals surface area (Å²) in [6.45, 7) is 5.71. The first-order valence-corrected chi connectivity index (χ1v) is 9.94. The predicted molar refractivity (Wildman–Crippen MR) is 108 cm³/mol. The van der Waals surface area contributed by atoms with Gasteiger partial charge in [-0.2, -0.15) is 0 Å². The lowest BCUT2D eigenvalue weighted by atomic mass is 9.99. The lowest BCUT2D eigenvalue weighted by molar-refractivity contribution is 0.0996. The van der Waals surface area contributed by atoms with Gasteiger partial charge in [-0.25, -0.2) is 4.98 Å². The van der Waals surface area contributed by atoms with E-state index in [2.05, 4.69) is 17.1 Å². The van der Waals surface area contributed by atoms with Crippen molar-refractivity contribution in [3.8, 4) is 11.5 Å². The van der Waals surface area contributed by atoms with Gasteiger partial charge in [0.15, 0.2) is 5.82 Å². The molecule has 0 unspecified atom stereocenters. The number of nitrogens with two attached hydrogens (primary N) is 1. The fraction of sp³-hybridized carbons (Fsp3) is 0.381. The van der Waals surface area contributed by atoms with Crippen LogP contribution in [0.3, 0.4) is 0 Å². The number of nitrogens with zero attached hydrogens (tertiary/aromatic N) is 6. The van der Waals surface area contributed by atoms with Crippen LogP contribution in [0.25, 0.3) is 11.5 Å². The molecule has 2 N–H and O–H groups in total. The molecule has 0 aromatic carbocycles. The summed E-state index contributed by atoms with van der Waals surface area (Å²) in [5.74, 6) is 1.23. The van der Waals surface area contributed by atoms with Crippen molar-refractivity contribution in [1.29, 1.82) is 0 Å². The first kappa shape index (κ1) is 17.9. The van der Waals surface area contributed by atoms with Crippen molar-refractivity contribution < 1.29 is 4.79 Å². The SMILES string of the molecule is CCn1cnnc1-c1cccc(N2Cc3c(cc(C4(C)CC4)nc3CN)C2=O)n1. The van der Waals surface area contributed by atoms with Crippen LogP contribution >= 0.6 is 0 Å². The van der Waals surface area contributed by atoms with Gasteiger partial charge in [-0.1, -0.05) is 13.0 Å². The molecule has 2 aliphatic rings. The molecule has 1 amide bonds. The van der Waals surface area contributed by atoms with E-state index in [4.69, 9.17) is 15.7 Å². The largest absolute Gasteiger partial charge is 0.325 e. The Hall–Kier alpha value is -3.13. The van der Waals surface area contributed by atoms with Gasteiger partial charge < -0.3 is 10.3 Å². The highest BCUT2D eigenvalue weighted by Gasteiger charge is 2.43. The summed E-state index contributed by atoms with van der Waals surface area (Å²) >= 11 is 0. The molecule has 3 aromatic heterocycles. The van der Waals surface area contributed by atoms with E-state index in [1.54, 1.807) is 11.2 Å². The number of amides is 1. The minimum Gasteiger partial charge on any atom is -0.325 e. The summed E-state index contributed by atoms with van der Waals surface area (Å²) < 4.78 is 1.92. The Morgan fingerprint density at radius 3 is 2.79 bits per heavy atom. The second-order valence-corrected chi connectivity index (χ2v) is 7.96. The summed E-state index contributed by atoms with van der Waals surface area (Å²) in [7, 11) is 0. The van der Waals surface area contributed by atoms with Crippen LogP contribution in [0.2, 0.25) is 0 Å². The predicted octanol–water partition coefficient (Wildman–Crippen LogP) is 2.43. The van der Waals surface area contributed by atoms with Crippen molar-refractivity contribution in [2.45, 2.75) is 51.7 Å². The lowest BCUT2D eigenvalue weighted by Crippen LogP contribution is -2.24. The van der Waals surface area contributed by atoms with Crippen LogP contribution in [-0.4, -0.2) is 30.6 Å². The Kier molecular flexibility index (Phi) is 3.99. The van der Waals surface area contributed by atoms with Crippen LogP contribution in [0.15, 0.2) is 30.6 Å². The maximum absolute atomic E-state index is 13.3. The molecule has 3 aromatic rings. The third-order valence-corrected chi connectivity index (χ3v) is 6.01. The Bertz CT molecular complexity index is 1120. The van der Waals surface area contributed by atoms with Crippen molar-refractivity contribution in [2.24, 2.45) is 5.73 Å². The molecule has 148 valence electrons. The van der Waals surface area contributed by atoms with Crippen molar-refractivity contribution >= 4 is 11.7 Å². The number of fused-ring (bicyclic) bond motifs is 1. The van der Waals surface area contributed by atoms with Gasteiger partial charge in [0.1, 0.15) is 17.8 Å². The topological polar surface area (TPSA) is 103 Å². The zero-order valence-corrected chi connectivity index (χ0v) is 16.6. The minimum absolute atomic E-state index is 0.0517. The fourth-order valence-corrected chi connectivity index (χ4v) is 3.86. The summed E-state index contributed by atoms with van der Waals surface area (Å²) in [5.41, 5.74) is 10.1. The molecule has 1 fully saturated rings.